The number of hydrogen-bond acceptors (Lipinski definition) is 5. The molecular formula is C22H29N5O2. The van der Waals surface area contributed by atoms with Gasteiger partial charge in [-0.05, 0) is 37.0 Å². The fraction of sp³-hybridized carbons (Fsp3) is 0.591. The van der Waals surface area contributed by atoms with Gasteiger partial charge < -0.3 is 10.2 Å². The van der Waals surface area contributed by atoms with Crippen LogP contribution in [0.4, 0.5) is 5.69 Å². The molecule has 0 radical (unpaired) electrons. The number of rotatable bonds is 4. The molecule has 1 aromatic heterocycles. The third kappa shape index (κ3) is 3.75. The lowest BCUT2D eigenvalue weighted by Crippen LogP contribution is -2.48. The average Bonchev–Trinajstić information content (AvgIpc) is 3.41. The number of anilines is 1. The van der Waals surface area contributed by atoms with E-state index < -0.39 is 0 Å². The van der Waals surface area contributed by atoms with Gasteiger partial charge >= 0.3 is 0 Å². The Balaban J connectivity index is 1.27. The zero-order chi connectivity index (χ0) is 19.8. The Morgan fingerprint density at radius 1 is 1.07 bits per heavy atom. The van der Waals surface area contributed by atoms with Gasteiger partial charge in [0.05, 0.1) is 17.2 Å². The maximum Gasteiger partial charge on any atom is 0.261 e. The molecule has 1 saturated carbocycles. The van der Waals surface area contributed by atoms with Crippen molar-refractivity contribution < 1.29 is 4.79 Å². The predicted molar refractivity (Wildman–Crippen MR) is 113 cm³/mol. The second kappa shape index (κ2) is 7.78. The second-order valence-corrected chi connectivity index (χ2v) is 8.76. The van der Waals surface area contributed by atoms with Crippen LogP contribution in [-0.2, 0) is 4.79 Å². The van der Waals surface area contributed by atoms with E-state index in [0.29, 0.717) is 18.4 Å². The SMILES string of the molecule is O=C1CC(CN2CCN(c3ccc4c(=O)n(C5CCCC5)cnc4c3)CC2)CN1. The lowest BCUT2D eigenvalue weighted by Gasteiger charge is -2.37. The molecule has 1 atom stereocenters. The number of nitrogens with one attached hydrogen (secondary N) is 1. The Morgan fingerprint density at radius 3 is 2.59 bits per heavy atom. The highest BCUT2D eigenvalue weighted by molar-refractivity contribution is 5.81. The molecular weight excluding hydrogens is 366 g/mol. The minimum atomic E-state index is 0.0954. The number of benzene rings is 1. The van der Waals surface area contributed by atoms with Crippen molar-refractivity contribution in [2.75, 3.05) is 44.2 Å². The van der Waals surface area contributed by atoms with Crippen molar-refractivity contribution in [3.05, 3.63) is 34.9 Å². The highest BCUT2D eigenvalue weighted by atomic mass is 16.2. The summed E-state index contributed by atoms with van der Waals surface area (Å²) in [5.41, 5.74) is 2.03. The molecule has 3 aliphatic rings. The molecule has 0 bridgehead atoms. The summed E-state index contributed by atoms with van der Waals surface area (Å²) >= 11 is 0. The van der Waals surface area contributed by atoms with E-state index in [4.69, 9.17) is 0 Å². The lowest BCUT2D eigenvalue weighted by molar-refractivity contribution is -0.119. The fourth-order valence-corrected chi connectivity index (χ4v) is 5.11. The van der Waals surface area contributed by atoms with Crippen LogP contribution in [0.5, 0.6) is 0 Å². The summed E-state index contributed by atoms with van der Waals surface area (Å²) in [4.78, 5) is 33.8. The van der Waals surface area contributed by atoms with E-state index in [0.717, 1.165) is 68.7 Å². The van der Waals surface area contributed by atoms with Gasteiger partial charge in [-0.15, -0.1) is 0 Å². The van der Waals surface area contributed by atoms with Crippen molar-refractivity contribution in [3.8, 4) is 0 Å². The highest BCUT2D eigenvalue weighted by Crippen LogP contribution is 2.28. The van der Waals surface area contributed by atoms with Gasteiger partial charge in [0.25, 0.3) is 5.56 Å². The molecule has 7 nitrogen and oxygen atoms in total. The average molecular weight is 396 g/mol. The number of carbonyl (C=O) groups excluding carboxylic acids is 1. The molecule has 5 rings (SSSR count). The third-order valence-electron chi connectivity index (χ3n) is 6.80. The molecule has 154 valence electrons. The van der Waals surface area contributed by atoms with Crippen molar-refractivity contribution in [2.24, 2.45) is 5.92 Å². The van der Waals surface area contributed by atoms with E-state index in [9.17, 15) is 9.59 Å². The Morgan fingerprint density at radius 2 is 1.86 bits per heavy atom. The van der Waals surface area contributed by atoms with Gasteiger partial charge in [-0.2, -0.15) is 0 Å². The summed E-state index contributed by atoms with van der Waals surface area (Å²) in [5.74, 6) is 0.630. The maximum atomic E-state index is 12.9. The lowest BCUT2D eigenvalue weighted by atomic mass is 10.1. The Hall–Kier alpha value is -2.41. The minimum Gasteiger partial charge on any atom is -0.369 e. The van der Waals surface area contributed by atoms with E-state index in [2.05, 4.69) is 32.2 Å². The Labute approximate surface area is 170 Å². The monoisotopic (exact) mass is 395 g/mol. The van der Waals surface area contributed by atoms with E-state index >= 15 is 0 Å². The first kappa shape index (κ1) is 18.6. The number of aromatic nitrogens is 2. The molecule has 1 N–H and O–H groups in total. The van der Waals surface area contributed by atoms with Crippen LogP contribution < -0.4 is 15.8 Å². The molecule has 3 heterocycles. The third-order valence-corrected chi connectivity index (χ3v) is 6.80. The fourth-order valence-electron chi connectivity index (χ4n) is 5.11. The van der Waals surface area contributed by atoms with E-state index in [-0.39, 0.29) is 11.5 Å². The number of nitrogens with zero attached hydrogens (tertiary/aromatic N) is 4. The molecule has 2 saturated heterocycles. The molecule has 7 heteroatoms. The van der Waals surface area contributed by atoms with Crippen molar-refractivity contribution >= 4 is 22.5 Å². The zero-order valence-electron chi connectivity index (χ0n) is 16.8. The molecule has 29 heavy (non-hydrogen) atoms. The largest absolute Gasteiger partial charge is 0.369 e. The minimum absolute atomic E-state index is 0.0954. The summed E-state index contributed by atoms with van der Waals surface area (Å²) < 4.78 is 1.84. The van der Waals surface area contributed by atoms with Gasteiger partial charge in [0.1, 0.15) is 0 Å². The van der Waals surface area contributed by atoms with Crippen LogP contribution >= 0.6 is 0 Å². The summed E-state index contributed by atoms with van der Waals surface area (Å²) in [5, 5.41) is 3.65. The van der Waals surface area contributed by atoms with Gasteiger partial charge in [0.15, 0.2) is 0 Å². The quantitative estimate of drug-likeness (QED) is 0.854. The van der Waals surface area contributed by atoms with Crippen molar-refractivity contribution in [3.63, 3.8) is 0 Å². The topological polar surface area (TPSA) is 70.5 Å². The summed E-state index contributed by atoms with van der Waals surface area (Å²) in [6.07, 6.45) is 6.98. The normalized spacial score (nSPS) is 23.8. The smallest absolute Gasteiger partial charge is 0.261 e. The predicted octanol–water partition coefficient (Wildman–Crippen LogP) is 1.77. The van der Waals surface area contributed by atoms with Crippen LogP contribution in [0, 0.1) is 5.92 Å². The number of piperazine rings is 1. The molecule has 1 unspecified atom stereocenters. The van der Waals surface area contributed by atoms with Crippen molar-refractivity contribution in [2.45, 2.75) is 38.1 Å². The van der Waals surface area contributed by atoms with Crippen LogP contribution in [0.1, 0.15) is 38.1 Å². The first-order chi connectivity index (χ1) is 14.2. The van der Waals surface area contributed by atoms with Crippen LogP contribution in [0.25, 0.3) is 10.9 Å². The van der Waals surface area contributed by atoms with E-state index in [1.54, 1.807) is 6.33 Å². The summed E-state index contributed by atoms with van der Waals surface area (Å²) in [7, 11) is 0. The number of hydrogen-bond donors (Lipinski definition) is 1. The molecule has 1 aromatic carbocycles. The van der Waals surface area contributed by atoms with E-state index in [1.165, 1.54) is 12.8 Å². The van der Waals surface area contributed by atoms with Gasteiger partial charge in [0, 0.05) is 57.4 Å². The van der Waals surface area contributed by atoms with Crippen LogP contribution in [-0.4, -0.2) is 59.6 Å². The zero-order valence-corrected chi connectivity index (χ0v) is 16.8. The second-order valence-electron chi connectivity index (χ2n) is 8.76. The van der Waals surface area contributed by atoms with Crippen molar-refractivity contribution in [1.29, 1.82) is 0 Å². The standard InChI is InChI=1S/C22H29N5O2/c28-21-11-16(13-23-21)14-25-7-9-26(10-8-25)18-5-6-19-20(12-18)24-15-27(22(19)29)17-3-1-2-4-17/h5-6,12,15-17H,1-4,7-11,13-14H2,(H,23,28). The van der Waals surface area contributed by atoms with Crippen LogP contribution in [0.3, 0.4) is 0 Å². The first-order valence-corrected chi connectivity index (χ1v) is 10.9. The molecule has 0 spiro atoms. The van der Waals surface area contributed by atoms with Gasteiger partial charge in [-0.1, -0.05) is 12.8 Å². The maximum absolute atomic E-state index is 12.9. The van der Waals surface area contributed by atoms with Crippen molar-refractivity contribution in [1.82, 2.24) is 19.8 Å². The molecule has 2 aromatic rings. The molecule has 3 fully saturated rings. The Bertz CT molecular complexity index is 957. The number of fused-ring (bicyclic) bond motifs is 1. The molecule has 2 aliphatic heterocycles. The summed E-state index contributed by atoms with van der Waals surface area (Å²) in [6.45, 7) is 5.72. The molecule has 1 aliphatic carbocycles. The van der Waals surface area contributed by atoms with Gasteiger partial charge in [-0.3, -0.25) is 19.1 Å². The van der Waals surface area contributed by atoms with Crippen LogP contribution in [0.2, 0.25) is 0 Å². The van der Waals surface area contributed by atoms with E-state index in [1.807, 2.05) is 10.6 Å². The van der Waals surface area contributed by atoms with Gasteiger partial charge in [0.2, 0.25) is 5.91 Å². The first-order valence-electron chi connectivity index (χ1n) is 10.9. The van der Waals surface area contributed by atoms with Crippen LogP contribution in [0.15, 0.2) is 29.3 Å². The molecule has 1 amide bonds. The van der Waals surface area contributed by atoms with Gasteiger partial charge in [-0.25, -0.2) is 4.98 Å². The highest BCUT2D eigenvalue weighted by Gasteiger charge is 2.26. The number of carbonyl (C=O) groups is 1. The number of amides is 1. The Kier molecular flexibility index (Phi) is 4.99. The summed E-state index contributed by atoms with van der Waals surface area (Å²) in [6, 6.07) is 6.40.